The van der Waals surface area contributed by atoms with E-state index in [1.807, 2.05) is 78.9 Å². The molecular weight excluding hydrogens is 508 g/mol. The van der Waals surface area contributed by atoms with Crippen LogP contribution in [0, 0.1) is 0 Å². The van der Waals surface area contributed by atoms with E-state index in [4.69, 9.17) is 9.47 Å². The number of benzene rings is 4. The predicted octanol–water partition coefficient (Wildman–Crippen LogP) is 5.51. The third-order valence-electron chi connectivity index (χ3n) is 6.84. The lowest BCUT2D eigenvalue weighted by Crippen LogP contribution is -2.70. The Balaban J connectivity index is 1.32. The molecule has 0 aliphatic carbocycles. The van der Waals surface area contributed by atoms with E-state index in [0.29, 0.717) is 5.75 Å². The van der Waals surface area contributed by atoms with E-state index in [2.05, 4.69) is 47.0 Å². The van der Waals surface area contributed by atoms with Crippen LogP contribution in [0.25, 0.3) is 0 Å². The number of amides is 2. The van der Waals surface area contributed by atoms with Gasteiger partial charge in [-0.25, -0.2) is 4.79 Å². The topological polar surface area (TPSA) is 76.7 Å². The summed E-state index contributed by atoms with van der Waals surface area (Å²) >= 11 is 1.74. The van der Waals surface area contributed by atoms with Gasteiger partial charge in [-0.3, -0.25) is 4.79 Å². The van der Waals surface area contributed by atoms with Gasteiger partial charge in [0.15, 0.2) is 0 Å². The van der Waals surface area contributed by atoms with Gasteiger partial charge >= 0.3 is 6.09 Å². The summed E-state index contributed by atoms with van der Waals surface area (Å²) in [6.07, 6.45) is -0.624. The fourth-order valence-corrected chi connectivity index (χ4v) is 6.38. The highest BCUT2D eigenvalue weighted by molar-refractivity contribution is 8.00. The van der Waals surface area contributed by atoms with Crippen molar-refractivity contribution in [1.82, 2.24) is 10.6 Å². The van der Waals surface area contributed by atoms with Crippen molar-refractivity contribution >= 4 is 23.8 Å². The zero-order valence-corrected chi connectivity index (χ0v) is 22.4. The van der Waals surface area contributed by atoms with Gasteiger partial charge in [-0.2, -0.15) is 0 Å². The number of methoxy groups -OCH3 is 1. The smallest absolute Gasteiger partial charge is 0.408 e. The highest BCUT2D eigenvalue weighted by Gasteiger charge is 2.44. The van der Waals surface area contributed by atoms with Crippen LogP contribution in [-0.2, 0) is 20.9 Å². The number of carbonyl (C=O) groups excluding carboxylic acids is 2. The summed E-state index contributed by atoms with van der Waals surface area (Å²) in [5, 5.41) is 5.72. The van der Waals surface area contributed by atoms with Crippen molar-refractivity contribution in [3.05, 3.63) is 138 Å². The van der Waals surface area contributed by atoms with Gasteiger partial charge in [0, 0.05) is 5.75 Å². The van der Waals surface area contributed by atoms with Crippen molar-refractivity contribution in [2.75, 3.05) is 12.9 Å². The van der Waals surface area contributed by atoms with Crippen molar-refractivity contribution in [2.45, 2.75) is 23.4 Å². The molecule has 0 unspecified atom stereocenters. The molecule has 1 fully saturated rings. The van der Waals surface area contributed by atoms with Crippen LogP contribution in [0.3, 0.4) is 0 Å². The molecule has 2 amide bonds. The highest BCUT2D eigenvalue weighted by atomic mass is 32.2. The van der Waals surface area contributed by atoms with Gasteiger partial charge in [0.1, 0.15) is 18.4 Å². The Bertz CT molecular complexity index is 1290. The van der Waals surface area contributed by atoms with Gasteiger partial charge < -0.3 is 20.1 Å². The van der Waals surface area contributed by atoms with Crippen LogP contribution >= 0.6 is 11.8 Å². The minimum Gasteiger partial charge on any atom is -0.497 e. The number of nitrogens with one attached hydrogen (secondary N) is 2. The molecule has 4 aromatic rings. The molecule has 5 rings (SSSR count). The van der Waals surface area contributed by atoms with E-state index in [1.54, 1.807) is 18.9 Å². The first-order valence-corrected chi connectivity index (χ1v) is 13.8. The number of ether oxygens (including phenoxy) is 2. The molecule has 1 saturated heterocycles. The van der Waals surface area contributed by atoms with E-state index >= 15 is 0 Å². The van der Waals surface area contributed by atoms with Crippen LogP contribution in [0.1, 0.15) is 22.3 Å². The zero-order valence-electron chi connectivity index (χ0n) is 21.6. The molecule has 1 aliphatic rings. The van der Waals surface area contributed by atoms with Crippen LogP contribution in [0.4, 0.5) is 4.79 Å². The first kappa shape index (κ1) is 26.4. The summed E-state index contributed by atoms with van der Waals surface area (Å²) in [6, 6.07) is 37.5. The average Bonchev–Trinajstić information content (AvgIpc) is 3.00. The summed E-state index contributed by atoms with van der Waals surface area (Å²) in [6.45, 7) is 0.0999. The van der Waals surface area contributed by atoms with Crippen LogP contribution in [0.2, 0.25) is 0 Å². The lowest BCUT2D eigenvalue weighted by molar-refractivity contribution is -0.130. The molecule has 198 valence electrons. The molecule has 6 nitrogen and oxygen atoms in total. The Hall–Kier alpha value is -4.23. The number of alkyl carbamates (subject to hydrolysis) is 1. The molecule has 1 heterocycles. The molecule has 0 aromatic heterocycles. The van der Waals surface area contributed by atoms with E-state index in [-0.39, 0.29) is 18.6 Å². The molecule has 4 aromatic carbocycles. The molecule has 0 bridgehead atoms. The minimum absolute atomic E-state index is 0.0999. The Morgan fingerprint density at radius 3 is 1.79 bits per heavy atom. The maximum atomic E-state index is 12.6. The van der Waals surface area contributed by atoms with Gasteiger partial charge in [-0.15, -0.1) is 11.8 Å². The average molecular weight is 539 g/mol. The molecule has 0 radical (unpaired) electrons. The van der Waals surface area contributed by atoms with Crippen LogP contribution in [0.5, 0.6) is 5.75 Å². The number of hydrogen-bond donors (Lipinski definition) is 2. The molecule has 1 aliphatic heterocycles. The highest BCUT2D eigenvalue weighted by Crippen LogP contribution is 2.48. The molecule has 2 N–H and O–H groups in total. The predicted molar refractivity (Wildman–Crippen MR) is 154 cm³/mol. The largest absolute Gasteiger partial charge is 0.497 e. The summed E-state index contributed by atoms with van der Waals surface area (Å²) in [5.41, 5.74) is 4.25. The quantitative estimate of drug-likeness (QED) is 0.206. The second-order valence-corrected chi connectivity index (χ2v) is 10.5. The lowest BCUT2D eigenvalue weighted by atomic mass is 9.84. The number of thioether (sulfide) groups is 1. The summed E-state index contributed by atoms with van der Waals surface area (Å²) in [7, 11) is 1.60. The number of rotatable bonds is 10. The van der Waals surface area contributed by atoms with Crippen LogP contribution in [0.15, 0.2) is 115 Å². The summed E-state index contributed by atoms with van der Waals surface area (Å²) in [5.74, 6) is 1.09. The van der Waals surface area contributed by atoms with Crippen LogP contribution < -0.4 is 15.4 Å². The second kappa shape index (κ2) is 12.1. The fraction of sp³-hybridized carbons (Fsp3) is 0.188. The van der Waals surface area contributed by atoms with Gasteiger partial charge in [0.25, 0.3) is 0 Å². The van der Waals surface area contributed by atoms with Gasteiger partial charge in [0.05, 0.1) is 17.9 Å². The SMILES string of the molecule is COc1ccc(COC(=O)N[C@H]2C(=O)N[C@H]2CSC(c2ccccc2)(c2ccccc2)c2ccccc2)cc1. The lowest BCUT2D eigenvalue weighted by Gasteiger charge is -2.41. The summed E-state index contributed by atoms with van der Waals surface area (Å²) < 4.78 is 10.0. The van der Waals surface area contributed by atoms with E-state index in [1.165, 1.54) is 0 Å². The number of β-lactam (4-membered cyclic amide) rings is 1. The van der Waals surface area contributed by atoms with Crippen molar-refractivity contribution in [2.24, 2.45) is 0 Å². The first-order chi connectivity index (χ1) is 19.1. The zero-order chi connectivity index (χ0) is 27.1. The molecular formula is C32H30N2O4S. The van der Waals surface area contributed by atoms with Gasteiger partial charge in [-0.1, -0.05) is 103 Å². The first-order valence-electron chi connectivity index (χ1n) is 12.8. The maximum Gasteiger partial charge on any atom is 0.408 e. The van der Waals surface area contributed by atoms with Gasteiger partial charge in [-0.05, 0) is 34.4 Å². The Morgan fingerprint density at radius 2 is 1.33 bits per heavy atom. The Kier molecular flexibility index (Phi) is 8.18. The molecule has 0 saturated carbocycles. The molecule has 39 heavy (non-hydrogen) atoms. The second-order valence-electron chi connectivity index (χ2n) is 9.25. The number of carbonyl (C=O) groups is 2. The normalized spacial score (nSPS) is 16.5. The molecule has 2 atom stereocenters. The summed E-state index contributed by atoms with van der Waals surface area (Å²) in [4.78, 5) is 25.0. The van der Waals surface area contributed by atoms with Crippen LogP contribution in [-0.4, -0.2) is 36.9 Å². The van der Waals surface area contributed by atoms with Crippen molar-refractivity contribution in [3.8, 4) is 5.75 Å². The van der Waals surface area contributed by atoms with Crippen molar-refractivity contribution < 1.29 is 19.1 Å². The van der Waals surface area contributed by atoms with E-state index in [9.17, 15) is 9.59 Å². The molecule has 7 heteroatoms. The third-order valence-corrected chi connectivity index (χ3v) is 8.50. The maximum absolute atomic E-state index is 12.6. The minimum atomic E-state index is -0.666. The third kappa shape index (κ3) is 5.78. The standard InChI is InChI=1S/C32H30N2O4S/c1-37-27-19-17-23(18-20-27)21-38-31(36)34-29-28(33-30(29)35)22-39-32(24-11-5-2-6-12-24,25-13-7-3-8-14-25)26-15-9-4-10-16-26/h2-20,28-29H,21-22H2,1H3,(H,33,35)(H,34,36)/t28-,29+/m0/s1. The Labute approximate surface area is 232 Å². The fourth-order valence-electron chi connectivity index (χ4n) is 4.77. The van der Waals surface area contributed by atoms with Gasteiger partial charge in [0.2, 0.25) is 5.91 Å². The monoisotopic (exact) mass is 538 g/mol. The van der Waals surface area contributed by atoms with Crippen molar-refractivity contribution in [3.63, 3.8) is 0 Å². The molecule has 0 spiro atoms. The Morgan fingerprint density at radius 1 is 0.821 bits per heavy atom. The number of hydrogen-bond acceptors (Lipinski definition) is 5. The van der Waals surface area contributed by atoms with E-state index < -0.39 is 16.9 Å². The van der Waals surface area contributed by atoms with E-state index in [0.717, 1.165) is 28.0 Å². The van der Waals surface area contributed by atoms with Crippen molar-refractivity contribution in [1.29, 1.82) is 0 Å².